The van der Waals surface area contributed by atoms with Crippen LogP contribution in [0.2, 0.25) is 0 Å². The number of aryl methyl sites for hydroxylation is 1. The van der Waals surface area contributed by atoms with Gasteiger partial charge in [-0.3, -0.25) is 4.79 Å². The zero-order valence-corrected chi connectivity index (χ0v) is 11.2. The summed E-state index contributed by atoms with van der Waals surface area (Å²) in [5.74, 6) is -0.252. The lowest BCUT2D eigenvalue weighted by Crippen LogP contribution is -2.08. The molecule has 0 aliphatic heterocycles. The third-order valence-electron chi connectivity index (χ3n) is 3.29. The third-order valence-corrected chi connectivity index (χ3v) is 4.15. The van der Waals surface area contributed by atoms with Crippen molar-refractivity contribution in [2.24, 2.45) is 5.92 Å². The largest absolute Gasteiger partial charge is 0.508 e. The highest BCUT2D eigenvalue weighted by molar-refractivity contribution is 9.10. The normalized spacial score (nSPS) is 16.8. The quantitative estimate of drug-likeness (QED) is 0.895. The van der Waals surface area contributed by atoms with Crippen molar-refractivity contribution in [1.82, 2.24) is 0 Å². The number of hydrogen-bond donors (Lipinski definition) is 2. The molecule has 0 radical (unpaired) electrons. The monoisotopic (exact) mass is 298 g/mol. The van der Waals surface area contributed by atoms with Crippen LogP contribution in [-0.2, 0) is 4.79 Å². The number of aliphatic carboxylic acids is 1. The highest BCUT2D eigenvalue weighted by atomic mass is 79.9. The Bertz CT molecular complexity index is 452. The zero-order chi connectivity index (χ0) is 12.6. The van der Waals surface area contributed by atoms with Gasteiger partial charge in [-0.1, -0.05) is 15.9 Å². The van der Waals surface area contributed by atoms with Crippen LogP contribution in [0.15, 0.2) is 16.6 Å². The van der Waals surface area contributed by atoms with Crippen molar-refractivity contribution in [1.29, 1.82) is 0 Å². The summed E-state index contributed by atoms with van der Waals surface area (Å²) in [6.45, 7) is 1.90. The standard InChI is InChI=1S/C13H15BrO3/c1-7-4-12(15)10(5-11(7)14)9(6-13(16)17)8-2-3-8/h4-5,8-9,15H,2-3,6H2,1H3,(H,16,17). The molecule has 1 atom stereocenters. The van der Waals surface area contributed by atoms with E-state index in [-0.39, 0.29) is 18.1 Å². The van der Waals surface area contributed by atoms with Gasteiger partial charge in [0.05, 0.1) is 6.42 Å². The van der Waals surface area contributed by atoms with Crippen molar-refractivity contribution < 1.29 is 15.0 Å². The van der Waals surface area contributed by atoms with Crippen molar-refractivity contribution >= 4 is 21.9 Å². The summed E-state index contributed by atoms with van der Waals surface area (Å²) in [7, 11) is 0. The van der Waals surface area contributed by atoms with Crippen molar-refractivity contribution in [3.63, 3.8) is 0 Å². The van der Waals surface area contributed by atoms with Crippen LogP contribution in [0.25, 0.3) is 0 Å². The van der Waals surface area contributed by atoms with Gasteiger partial charge >= 0.3 is 5.97 Å². The van der Waals surface area contributed by atoms with Crippen LogP contribution in [0.3, 0.4) is 0 Å². The van der Waals surface area contributed by atoms with Gasteiger partial charge in [0.15, 0.2) is 0 Å². The first-order valence-corrected chi connectivity index (χ1v) is 6.49. The smallest absolute Gasteiger partial charge is 0.303 e. The molecule has 0 amide bonds. The number of phenolic OH excluding ortho intramolecular Hbond substituents is 1. The SMILES string of the molecule is Cc1cc(O)c(C(CC(=O)O)C2CC2)cc1Br. The van der Waals surface area contributed by atoms with Crippen molar-refractivity contribution in [2.45, 2.75) is 32.1 Å². The van der Waals surface area contributed by atoms with Gasteiger partial charge in [0.1, 0.15) is 5.75 Å². The molecular formula is C13H15BrO3. The average molecular weight is 299 g/mol. The minimum atomic E-state index is -0.807. The number of rotatable bonds is 4. The molecule has 0 saturated heterocycles. The van der Waals surface area contributed by atoms with Crippen LogP contribution >= 0.6 is 15.9 Å². The second-order valence-electron chi connectivity index (χ2n) is 4.70. The minimum absolute atomic E-state index is 0.0654. The van der Waals surface area contributed by atoms with E-state index >= 15 is 0 Å². The van der Waals surface area contributed by atoms with E-state index in [1.54, 1.807) is 6.07 Å². The van der Waals surface area contributed by atoms with Gasteiger partial charge in [0.25, 0.3) is 0 Å². The molecular weight excluding hydrogens is 284 g/mol. The van der Waals surface area contributed by atoms with Crippen LogP contribution in [0, 0.1) is 12.8 Å². The summed E-state index contributed by atoms with van der Waals surface area (Å²) < 4.78 is 0.918. The van der Waals surface area contributed by atoms with Crippen LogP contribution < -0.4 is 0 Å². The Morgan fingerprint density at radius 2 is 2.18 bits per heavy atom. The summed E-state index contributed by atoms with van der Waals surface area (Å²) in [6.07, 6.45) is 2.21. The average Bonchev–Trinajstić information content (AvgIpc) is 3.04. The number of carbonyl (C=O) groups is 1. The molecule has 0 aromatic heterocycles. The molecule has 92 valence electrons. The molecule has 0 heterocycles. The fourth-order valence-electron chi connectivity index (χ4n) is 2.20. The summed E-state index contributed by atoms with van der Waals surface area (Å²) >= 11 is 3.43. The molecule has 2 rings (SSSR count). The Labute approximate surface area is 109 Å². The van der Waals surface area contributed by atoms with Gasteiger partial charge < -0.3 is 10.2 Å². The van der Waals surface area contributed by atoms with Gasteiger partial charge in [-0.15, -0.1) is 0 Å². The molecule has 1 fully saturated rings. The molecule has 1 aromatic carbocycles. The maximum Gasteiger partial charge on any atom is 0.303 e. The third kappa shape index (κ3) is 2.80. The van der Waals surface area contributed by atoms with Gasteiger partial charge in [-0.2, -0.15) is 0 Å². The molecule has 3 nitrogen and oxygen atoms in total. The minimum Gasteiger partial charge on any atom is -0.508 e. The fourth-order valence-corrected chi connectivity index (χ4v) is 2.56. The first-order valence-electron chi connectivity index (χ1n) is 5.70. The molecule has 0 bridgehead atoms. The van der Waals surface area contributed by atoms with Crippen LogP contribution in [0.5, 0.6) is 5.75 Å². The van der Waals surface area contributed by atoms with Gasteiger partial charge in [0.2, 0.25) is 0 Å². The summed E-state index contributed by atoms with van der Waals surface area (Å²) in [5.41, 5.74) is 1.71. The lowest BCUT2D eigenvalue weighted by Gasteiger charge is -2.17. The van der Waals surface area contributed by atoms with E-state index < -0.39 is 5.97 Å². The number of carboxylic acids is 1. The van der Waals surface area contributed by atoms with Crippen LogP contribution in [0.4, 0.5) is 0 Å². The number of carboxylic acid groups (broad SMARTS) is 1. The molecule has 1 unspecified atom stereocenters. The van der Waals surface area contributed by atoms with Crippen LogP contribution in [0.1, 0.15) is 36.3 Å². The van der Waals surface area contributed by atoms with E-state index in [4.69, 9.17) is 5.11 Å². The van der Waals surface area contributed by atoms with E-state index in [1.165, 1.54) is 0 Å². The van der Waals surface area contributed by atoms with Gasteiger partial charge in [-0.05, 0) is 48.9 Å². The molecule has 2 N–H and O–H groups in total. The Morgan fingerprint density at radius 1 is 1.53 bits per heavy atom. The second-order valence-corrected chi connectivity index (χ2v) is 5.56. The Morgan fingerprint density at radius 3 is 2.71 bits per heavy atom. The molecule has 1 saturated carbocycles. The highest BCUT2D eigenvalue weighted by Crippen LogP contribution is 2.47. The van der Waals surface area contributed by atoms with E-state index in [0.717, 1.165) is 28.4 Å². The van der Waals surface area contributed by atoms with Gasteiger partial charge in [-0.25, -0.2) is 0 Å². The van der Waals surface area contributed by atoms with E-state index in [2.05, 4.69) is 15.9 Å². The molecule has 1 aliphatic rings. The Hall–Kier alpha value is -1.03. The maximum absolute atomic E-state index is 10.9. The Balaban J connectivity index is 2.35. The number of aromatic hydroxyl groups is 1. The molecule has 4 heteroatoms. The molecule has 1 aliphatic carbocycles. The van der Waals surface area contributed by atoms with Crippen molar-refractivity contribution in [3.05, 3.63) is 27.7 Å². The summed E-state index contributed by atoms with van der Waals surface area (Å²) in [6, 6.07) is 3.55. The van der Waals surface area contributed by atoms with Crippen LogP contribution in [-0.4, -0.2) is 16.2 Å². The first kappa shape index (κ1) is 12.4. The first-order chi connectivity index (χ1) is 7.99. The molecule has 17 heavy (non-hydrogen) atoms. The lowest BCUT2D eigenvalue weighted by atomic mass is 9.90. The number of hydrogen-bond acceptors (Lipinski definition) is 2. The van der Waals surface area contributed by atoms with Crippen molar-refractivity contribution in [2.75, 3.05) is 0 Å². The van der Waals surface area contributed by atoms with E-state index in [1.807, 2.05) is 13.0 Å². The summed E-state index contributed by atoms with van der Waals surface area (Å²) in [4.78, 5) is 10.9. The molecule has 1 aromatic rings. The predicted octanol–water partition coefficient (Wildman–Crippen LogP) is 3.43. The highest BCUT2D eigenvalue weighted by Gasteiger charge is 2.35. The summed E-state index contributed by atoms with van der Waals surface area (Å²) in [5, 5.41) is 18.9. The predicted molar refractivity (Wildman–Crippen MR) is 68.3 cm³/mol. The molecule has 0 spiro atoms. The van der Waals surface area contributed by atoms with E-state index in [0.29, 0.717) is 5.92 Å². The number of benzene rings is 1. The second kappa shape index (κ2) is 4.69. The lowest BCUT2D eigenvalue weighted by molar-refractivity contribution is -0.137. The topological polar surface area (TPSA) is 57.5 Å². The fraction of sp³-hybridized carbons (Fsp3) is 0.462. The van der Waals surface area contributed by atoms with Gasteiger partial charge in [0, 0.05) is 10.4 Å². The van der Waals surface area contributed by atoms with Crippen molar-refractivity contribution in [3.8, 4) is 5.75 Å². The van der Waals surface area contributed by atoms with E-state index in [9.17, 15) is 9.90 Å². The number of halogens is 1. The maximum atomic E-state index is 10.9. The zero-order valence-electron chi connectivity index (χ0n) is 9.61. The Kier molecular flexibility index (Phi) is 3.43. The number of phenols is 1.